The van der Waals surface area contributed by atoms with Crippen molar-refractivity contribution < 1.29 is 22.7 Å². The molecule has 1 atom stereocenters. The summed E-state index contributed by atoms with van der Waals surface area (Å²) in [5.41, 5.74) is 6.02. The van der Waals surface area contributed by atoms with Crippen molar-refractivity contribution in [3.63, 3.8) is 0 Å². The van der Waals surface area contributed by atoms with Crippen molar-refractivity contribution in [3.05, 3.63) is 48.7 Å². The number of nitrogens with one attached hydrogen (secondary N) is 1. The largest absolute Gasteiger partial charge is 0.443 e. The second-order valence-electron chi connectivity index (χ2n) is 7.33. The number of sulfonamides is 1. The van der Waals surface area contributed by atoms with Gasteiger partial charge in [-0.1, -0.05) is 24.3 Å². The third-order valence-corrected chi connectivity index (χ3v) is 5.56. The van der Waals surface area contributed by atoms with Gasteiger partial charge in [-0.25, -0.2) is 13.2 Å². The Bertz CT molecular complexity index is 988. The Labute approximate surface area is 164 Å². The predicted molar refractivity (Wildman–Crippen MR) is 107 cm³/mol. The minimum absolute atomic E-state index is 0.0883. The molecule has 2 amide bonds. The van der Waals surface area contributed by atoms with Crippen LogP contribution in [0.1, 0.15) is 26.3 Å². The van der Waals surface area contributed by atoms with Crippen molar-refractivity contribution in [1.82, 2.24) is 9.29 Å². The van der Waals surface area contributed by atoms with Crippen LogP contribution in [0.2, 0.25) is 0 Å². The van der Waals surface area contributed by atoms with E-state index in [2.05, 4.69) is 11.6 Å². The number of benzene rings is 1. The van der Waals surface area contributed by atoms with Crippen LogP contribution in [0.5, 0.6) is 0 Å². The number of amides is 2. The predicted octanol–water partition coefficient (Wildman–Crippen LogP) is 2.32. The molecule has 9 heteroatoms. The summed E-state index contributed by atoms with van der Waals surface area (Å²) in [6.07, 6.45) is 1.55. The van der Waals surface area contributed by atoms with Gasteiger partial charge < -0.3 is 15.5 Å². The average Bonchev–Trinajstić information content (AvgIpc) is 2.95. The zero-order valence-electron chi connectivity index (χ0n) is 16.1. The second kappa shape index (κ2) is 8.05. The third kappa shape index (κ3) is 4.92. The first-order valence-corrected chi connectivity index (χ1v) is 10.3. The molecule has 1 aromatic heterocycles. The molecule has 2 rings (SSSR count). The van der Waals surface area contributed by atoms with Gasteiger partial charge >= 0.3 is 6.09 Å². The van der Waals surface area contributed by atoms with Gasteiger partial charge in [-0.05, 0) is 32.4 Å². The molecule has 152 valence electrons. The molecule has 0 fully saturated rings. The number of H-pyrrole nitrogens is 1. The van der Waals surface area contributed by atoms with Gasteiger partial charge in [0.15, 0.2) is 0 Å². The molecule has 1 aromatic carbocycles. The van der Waals surface area contributed by atoms with Gasteiger partial charge in [0.05, 0.1) is 5.75 Å². The second-order valence-corrected chi connectivity index (χ2v) is 9.22. The molecule has 0 bridgehead atoms. The molecular formula is C19H25N3O5S. The highest BCUT2D eigenvalue weighted by molar-refractivity contribution is 7.89. The van der Waals surface area contributed by atoms with Gasteiger partial charge in [-0.2, -0.15) is 4.31 Å². The topological polar surface area (TPSA) is 123 Å². The van der Waals surface area contributed by atoms with Crippen molar-refractivity contribution in [2.24, 2.45) is 5.73 Å². The van der Waals surface area contributed by atoms with E-state index >= 15 is 0 Å². The standard InChI is InChI=1S/C19H25N3O5S/c1-5-10-28(25,26)22(18(24)27-19(2,3)4)16(17(20)23)11-13-12-21-15-9-7-6-8-14(13)15/h5-9,12,16,21H,1,10-11H2,2-4H3,(H2,20,23)/t16-/m0/s1. The Kier molecular flexibility index (Phi) is 6.18. The van der Waals surface area contributed by atoms with Crippen molar-refractivity contribution in [2.75, 3.05) is 5.75 Å². The monoisotopic (exact) mass is 407 g/mol. The van der Waals surface area contributed by atoms with Gasteiger partial charge in [0, 0.05) is 23.5 Å². The van der Waals surface area contributed by atoms with Gasteiger partial charge in [0.1, 0.15) is 11.6 Å². The molecule has 28 heavy (non-hydrogen) atoms. The SMILES string of the molecule is C=CCS(=O)(=O)N(C(=O)OC(C)(C)C)[C@@H](Cc1c[nH]c2ccccc12)C(N)=O. The van der Waals surface area contributed by atoms with Crippen LogP contribution in [0.15, 0.2) is 43.1 Å². The first-order chi connectivity index (χ1) is 13.0. The fourth-order valence-corrected chi connectivity index (χ4v) is 4.07. The van der Waals surface area contributed by atoms with E-state index in [1.807, 2.05) is 24.3 Å². The number of hydrogen-bond donors (Lipinski definition) is 2. The lowest BCUT2D eigenvalue weighted by Crippen LogP contribution is -2.53. The molecule has 0 unspecified atom stereocenters. The summed E-state index contributed by atoms with van der Waals surface area (Å²) in [7, 11) is -4.22. The summed E-state index contributed by atoms with van der Waals surface area (Å²) in [6.45, 7) is 8.20. The van der Waals surface area contributed by atoms with Gasteiger partial charge in [0.25, 0.3) is 0 Å². The Morgan fingerprint density at radius 2 is 1.96 bits per heavy atom. The molecule has 0 saturated heterocycles. The smallest absolute Gasteiger partial charge is 0.424 e. The number of hydrogen-bond acceptors (Lipinski definition) is 5. The summed E-state index contributed by atoms with van der Waals surface area (Å²) in [5, 5.41) is 0.805. The summed E-state index contributed by atoms with van der Waals surface area (Å²) in [6, 6.07) is 5.89. The lowest BCUT2D eigenvalue weighted by molar-refractivity contribution is -0.121. The van der Waals surface area contributed by atoms with E-state index in [4.69, 9.17) is 10.5 Å². The third-order valence-electron chi connectivity index (χ3n) is 3.90. The normalized spacial score (nSPS) is 13.1. The van der Waals surface area contributed by atoms with Crippen molar-refractivity contribution in [1.29, 1.82) is 0 Å². The molecule has 1 heterocycles. The maximum Gasteiger partial charge on any atom is 0.424 e. The number of ether oxygens (including phenoxy) is 1. The van der Waals surface area contributed by atoms with Crippen LogP contribution >= 0.6 is 0 Å². The van der Waals surface area contributed by atoms with Crippen molar-refractivity contribution >= 4 is 32.9 Å². The lowest BCUT2D eigenvalue weighted by atomic mass is 10.0. The Hall–Kier alpha value is -2.81. The van der Waals surface area contributed by atoms with E-state index in [9.17, 15) is 18.0 Å². The molecule has 0 aliphatic carbocycles. The van der Waals surface area contributed by atoms with E-state index in [0.29, 0.717) is 9.87 Å². The highest BCUT2D eigenvalue weighted by Crippen LogP contribution is 2.23. The number of aromatic nitrogens is 1. The van der Waals surface area contributed by atoms with Crippen molar-refractivity contribution in [2.45, 2.75) is 38.8 Å². The number of para-hydroxylation sites is 1. The lowest BCUT2D eigenvalue weighted by Gasteiger charge is -2.31. The number of fused-ring (bicyclic) bond motifs is 1. The fourth-order valence-electron chi connectivity index (χ4n) is 2.78. The van der Waals surface area contributed by atoms with Crippen LogP contribution in [0.25, 0.3) is 10.9 Å². The van der Waals surface area contributed by atoms with E-state index in [1.54, 1.807) is 27.0 Å². The minimum Gasteiger partial charge on any atom is -0.443 e. The fraction of sp³-hybridized carbons (Fsp3) is 0.368. The maximum absolute atomic E-state index is 12.7. The maximum atomic E-state index is 12.7. The van der Waals surface area contributed by atoms with E-state index in [-0.39, 0.29) is 6.42 Å². The molecular weight excluding hydrogens is 382 g/mol. The zero-order chi connectivity index (χ0) is 21.1. The molecule has 8 nitrogen and oxygen atoms in total. The van der Waals surface area contributed by atoms with Gasteiger partial charge in [0.2, 0.25) is 15.9 Å². The van der Waals surface area contributed by atoms with Crippen LogP contribution in [0.3, 0.4) is 0 Å². The average molecular weight is 407 g/mol. The molecule has 0 saturated carbocycles. The molecule has 0 radical (unpaired) electrons. The number of nitrogens with zero attached hydrogens (tertiary/aromatic N) is 1. The van der Waals surface area contributed by atoms with E-state index < -0.39 is 39.4 Å². The summed E-state index contributed by atoms with van der Waals surface area (Å²) >= 11 is 0. The summed E-state index contributed by atoms with van der Waals surface area (Å²) in [5.74, 6) is -1.49. The zero-order valence-corrected chi connectivity index (χ0v) is 17.0. The van der Waals surface area contributed by atoms with Crippen LogP contribution in [0.4, 0.5) is 4.79 Å². The molecule has 3 N–H and O–H groups in total. The van der Waals surface area contributed by atoms with Gasteiger partial charge in [-0.15, -0.1) is 6.58 Å². The highest BCUT2D eigenvalue weighted by Gasteiger charge is 2.40. The van der Waals surface area contributed by atoms with E-state index in [0.717, 1.165) is 17.0 Å². The first-order valence-electron chi connectivity index (χ1n) is 8.66. The minimum atomic E-state index is -4.22. The van der Waals surface area contributed by atoms with E-state index in [1.165, 1.54) is 0 Å². The summed E-state index contributed by atoms with van der Waals surface area (Å²) < 4.78 is 31.1. The number of carbonyl (C=O) groups is 2. The number of carbonyl (C=O) groups excluding carboxylic acids is 2. The van der Waals surface area contributed by atoms with Crippen LogP contribution < -0.4 is 5.73 Å². The molecule has 0 spiro atoms. The Morgan fingerprint density at radius 1 is 1.32 bits per heavy atom. The summed E-state index contributed by atoms with van der Waals surface area (Å²) in [4.78, 5) is 27.9. The quantitative estimate of drug-likeness (QED) is 0.682. The number of nitrogens with two attached hydrogens (primary N) is 1. The van der Waals surface area contributed by atoms with Gasteiger partial charge in [-0.3, -0.25) is 4.79 Å². The number of aromatic amines is 1. The Morgan fingerprint density at radius 3 is 2.54 bits per heavy atom. The van der Waals surface area contributed by atoms with Crippen LogP contribution in [-0.2, 0) is 26.0 Å². The molecule has 0 aliphatic rings. The number of primary amides is 1. The molecule has 2 aromatic rings. The molecule has 0 aliphatic heterocycles. The first kappa shape index (κ1) is 21.5. The highest BCUT2D eigenvalue weighted by atomic mass is 32.2. The Balaban J connectivity index is 2.50. The van der Waals surface area contributed by atoms with Crippen molar-refractivity contribution in [3.8, 4) is 0 Å². The van der Waals surface area contributed by atoms with Crippen LogP contribution in [-0.4, -0.2) is 47.1 Å². The number of rotatable bonds is 7. The van der Waals surface area contributed by atoms with Crippen LogP contribution in [0, 0.1) is 0 Å².